The molecule has 0 aliphatic heterocycles. The second-order valence-corrected chi connectivity index (χ2v) is 3.61. The lowest BCUT2D eigenvalue weighted by Gasteiger charge is -2.05. The topological polar surface area (TPSA) is 38.3 Å². The lowest BCUT2D eigenvalue weighted by Crippen LogP contribution is -2.18. The van der Waals surface area contributed by atoms with E-state index in [4.69, 9.17) is 27.9 Å². The van der Waals surface area contributed by atoms with E-state index in [1.807, 2.05) is 0 Å². The number of benzene rings is 1. The Morgan fingerprint density at radius 3 is 2.36 bits per heavy atom. The molecule has 0 aliphatic rings. The lowest BCUT2D eigenvalue weighted by atomic mass is 10.3. The molecule has 0 aliphatic carbocycles. The Balaban J connectivity index is 2.64. The normalized spacial score (nSPS) is 10.0. The van der Waals surface area contributed by atoms with E-state index in [1.165, 1.54) is 0 Å². The molecule has 0 heterocycles. The first kappa shape index (κ1) is 11.1. The standard InChI is InChI=1S/C9H9Cl2NO2/c1-14-7-4-2-6(3-5-7)12-9(13)8(10)11/h2-5,8H,1H3,(H,12,13). The van der Waals surface area contributed by atoms with Crippen molar-refractivity contribution in [2.24, 2.45) is 0 Å². The van der Waals surface area contributed by atoms with Crippen LogP contribution < -0.4 is 10.1 Å². The van der Waals surface area contributed by atoms with Crippen molar-refractivity contribution in [3.05, 3.63) is 24.3 Å². The maximum Gasteiger partial charge on any atom is 0.257 e. The van der Waals surface area contributed by atoms with E-state index in [-0.39, 0.29) is 0 Å². The Bertz CT molecular complexity index is 311. The van der Waals surface area contributed by atoms with Gasteiger partial charge in [0.1, 0.15) is 5.75 Å². The summed E-state index contributed by atoms with van der Waals surface area (Å²) in [5.74, 6) is 0.273. The highest BCUT2D eigenvalue weighted by atomic mass is 35.5. The number of hydrogen-bond donors (Lipinski definition) is 1. The van der Waals surface area contributed by atoms with Crippen LogP contribution in [0.5, 0.6) is 5.75 Å². The van der Waals surface area contributed by atoms with Crippen molar-refractivity contribution in [2.75, 3.05) is 12.4 Å². The van der Waals surface area contributed by atoms with E-state index >= 15 is 0 Å². The van der Waals surface area contributed by atoms with Gasteiger partial charge in [-0.1, -0.05) is 23.2 Å². The fourth-order valence-corrected chi connectivity index (χ4v) is 0.980. The van der Waals surface area contributed by atoms with Crippen molar-refractivity contribution in [3.8, 4) is 5.75 Å². The molecule has 14 heavy (non-hydrogen) atoms. The Hall–Kier alpha value is -0.930. The summed E-state index contributed by atoms with van der Waals surface area (Å²) >= 11 is 10.7. The van der Waals surface area contributed by atoms with Crippen molar-refractivity contribution in [1.29, 1.82) is 0 Å². The van der Waals surface area contributed by atoms with Gasteiger partial charge in [-0.2, -0.15) is 0 Å². The minimum Gasteiger partial charge on any atom is -0.497 e. The number of halogens is 2. The van der Waals surface area contributed by atoms with Crippen LogP contribution in [0.2, 0.25) is 0 Å². The Morgan fingerprint density at radius 1 is 1.36 bits per heavy atom. The Kier molecular flexibility index (Phi) is 4.04. The lowest BCUT2D eigenvalue weighted by molar-refractivity contribution is -0.114. The first-order chi connectivity index (χ1) is 6.63. The van der Waals surface area contributed by atoms with Gasteiger partial charge in [0, 0.05) is 5.69 Å². The maximum atomic E-state index is 11.1. The van der Waals surface area contributed by atoms with E-state index < -0.39 is 10.7 Å². The van der Waals surface area contributed by atoms with Crippen LogP contribution in [0.15, 0.2) is 24.3 Å². The molecule has 1 aromatic rings. The van der Waals surface area contributed by atoms with Crippen LogP contribution in [-0.4, -0.2) is 17.9 Å². The highest BCUT2D eigenvalue weighted by Crippen LogP contribution is 2.16. The first-order valence-electron chi connectivity index (χ1n) is 3.86. The average molecular weight is 234 g/mol. The predicted molar refractivity (Wildman–Crippen MR) is 57.1 cm³/mol. The van der Waals surface area contributed by atoms with Crippen molar-refractivity contribution in [2.45, 2.75) is 4.84 Å². The zero-order valence-corrected chi connectivity index (χ0v) is 8.97. The van der Waals surface area contributed by atoms with Crippen molar-refractivity contribution in [1.82, 2.24) is 0 Å². The summed E-state index contributed by atoms with van der Waals surface area (Å²) in [7, 11) is 1.57. The van der Waals surface area contributed by atoms with E-state index in [2.05, 4.69) is 5.32 Å². The molecule has 1 N–H and O–H groups in total. The largest absolute Gasteiger partial charge is 0.497 e. The molecule has 0 unspecified atom stereocenters. The SMILES string of the molecule is COc1ccc(NC(=O)C(Cl)Cl)cc1. The number of methoxy groups -OCH3 is 1. The number of anilines is 1. The molecule has 0 saturated carbocycles. The van der Waals surface area contributed by atoms with Gasteiger partial charge in [0.15, 0.2) is 4.84 Å². The van der Waals surface area contributed by atoms with Gasteiger partial charge < -0.3 is 10.1 Å². The Morgan fingerprint density at radius 2 is 1.93 bits per heavy atom. The predicted octanol–water partition coefficient (Wildman–Crippen LogP) is 2.44. The quantitative estimate of drug-likeness (QED) is 0.815. The molecule has 1 amide bonds. The molecular weight excluding hydrogens is 225 g/mol. The molecule has 0 bridgehead atoms. The molecule has 0 radical (unpaired) electrons. The smallest absolute Gasteiger partial charge is 0.257 e. The summed E-state index contributed by atoms with van der Waals surface area (Å²) < 4.78 is 4.96. The monoisotopic (exact) mass is 233 g/mol. The minimum atomic E-state index is -1.06. The number of carbonyl (C=O) groups excluding carboxylic acids is 1. The fraction of sp³-hybridized carbons (Fsp3) is 0.222. The molecular formula is C9H9Cl2NO2. The number of hydrogen-bond acceptors (Lipinski definition) is 2. The van der Waals surface area contributed by atoms with Crippen LogP contribution in [0.3, 0.4) is 0 Å². The van der Waals surface area contributed by atoms with Gasteiger partial charge in [0.2, 0.25) is 0 Å². The second-order valence-electron chi connectivity index (χ2n) is 2.52. The zero-order chi connectivity index (χ0) is 10.6. The third-order valence-electron chi connectivity index (χ3n) is 1.56. The first-order valence-corrected chi connectivity index (χ1v) is 4.74. The molecule has 0 fully saturated rings. The average Bonchev–Trinajstić information content (AvgIpc) is 2.19. The van der Waals surface area contributed by atoms with Crippen LogP contribution in [0.1, 0.15) is 0 Å². The van der Waals surface area contributed by atoms with Gasteiger partial charge >= 0.3 is 0 Å². The van der Waals surface area contributed by atoms with Gasteiger partial charge in [-0.15, -0.1) is 0 Å². The molecule has 5 heteroatoms. The van der Waals surface area contributed by atoms with Gasteiger partial charge in [0.05, 0.1) is 7.11 Å². The van der Waals surface area contributed by atoms with Crippen molar-refractivity contribution < 1.29 is 9.53 Å². The molecule has 0 saturated heterocycles. The fourth-order valence-electron chi connectivity index (χ4n) is 0.871. The third-order valence-corrected chi connectivity index (χ3v) is 1.95. The van der Waals surface area contributed by atoms with E-state index in [0.29, 0.717) is 5.69 Å². The number of ether oxygens (including phenoxy) is 1. The van der Waals surface area contributed by atoms with Crippen LogP contribution >= 0.6 is 23.2 Å². The summed E-state index contributed by atoms with van der Waals surface area (Å²) in [4.78, 5) is 10.0. The highest BCUT2D eigenvalue weighted by molar-refractivity contribution is 6.54. The molecule has 0 aromatic heterocycles. The Labute approximate surface area is 92.0 Å². The molecule has 0 spiro atoms. The second kappa shape index (κ2) is 5.08. The van der Waals surface area contributed by atoms with E-state index in [1.54, 1.807) is 31.4 Å². The summed E-state index contributed by atoms with van der Waals surface area (Å²) in [6.07, 6.45) is 0. The molecule has 1 aromatic carbocycles. The van der Waals surface area contributed by atoms with Crippen LogP contribution in [0.25, 0.3) is 0 Å². The van der Waals surface area contributed by atoms with Crippen molar-refractivity contribution >= 4 is 34.8 Å². The number of rotatable bonds is 3. The molecule has 1 rings (SSSR count). The number of nitrogens with one attached hydrogen (secondary N) is 1. The number of alkyl halides is 2. The zero-order valence-electron chi connectivity index (χ0n) is 7.46. The summed E-state index contributed by atoms with van der Waals surface area (Å²) in [6, 6.07) is 6.86. The van der Waals surface area contributed by atoms with E-state index in [0.717, 1.165) is 5.75 Å². The third kappa shape index (κ3) is 3.09. The number of amides is 1. The summed E-state index contributed by atoms with van der Waals surface area (Å²) in [5.41, 5.74) is 0.627. The van der Waals surface area contributed by atoms with Crippen LogP contribution in [0.4, 0.5) is 5.69 Å². The van der Waals surface area contributed by atoms with E-state index in [9.17, 15) is 4.79 Å². The molecule has 76 valence electrons. The van der Waals surface area contributed by atoms with Gasteiger partial charge in [-0.25, -0.2) is 0 Å². The minimum absolute atomic E-state index is 0.446. The van der Waals surface area contributed by atoms with Crippen LogP contribution in [0, 0.1) is 0 Å². The summed E-state index contributed by atoms with van der Waals surface area (Å²) in [6.45, 7) is 0. The van der Waals surface area contributed by atoms with Gasteiger partial charge in [-0.05, 0) is 24.3 Å². The van der Waals surface area contributed by atoms with Gasteiger partial charge in [-0.3, -0.25) is 4.79 Å². The maximum absolute atomic E-state index is 11.1. The van der Waals surface area contributed by atoms with Crippen molar-refractivity contribution in [3.63, 3.8) is 0 Å². The van der Waals surface area contributed by atoms with Gasteiger partial charge in [0.25, 0.3) is 5.91 Å². The van der Waals surface area contributed by atoms with Crippen LogP contribution in [-0.2, 0) is 4.79 Å². The highest BCUT2D eigenvalue weighted by Gasteiger charge is 2.10. The molecule has 0 atom stereocenters. The summed E-state index contributed by atoms with van der Waals surface area (Å²) in [5, 5.41) is 2.53. The number of carbonyl (C=O) groups is 1. The molecule has 3 nitrogen and oxygen atoms in total.